The Morgan fingerprint density at radius 2 is 1.21 bits per heavy atom. The molecule has 0 bridgehead atoms. The summed E-state index contributed by atoms with van der Waals surface area (Å²) in [6, 6.07) is 33.2. The van der Waals surface area contributed by atoms with E-state index in [9.17, 15) is 0 Å². The van der Waals surface area contributed by atoms with Crippen LogP contribution in [0.5, 0.6) is 0 Å². The van der Waals surface area contributed by atoms with Crippen molar-refractivity contribution in [2.45, 2.75) is 49.0 Å². The highest BCUT2D eigenvalue weighted by atomic mass is 28.3. The molecule has 0 spiro atoms. The van der Waals surface area contributed by atoms with E-state index in [1.807, 2.05) is 0 Å². The number of hydrogen-bond acceptors (Lipinski definition) is 2. The van der Waals surface area contributed by atoms with Gasteiger partial charge in [0.2, 0.25) is 0 Å². The Morgan fingerprint density at radius 3 is 1.74 bits per heavy atom. The van der Waals surface area contributed by atoms with Crippen molar-refractivity contribution >= 4 is 34.8 Å². The molecule has 4 heteroatoms. The monoisotopic (exact) mass is 484 g/mol. The lowest BCUT2D eigenvalue weighted by atomic mass is 9.96. The Morgan fingerprint density at radius 1 is 0.647 bits per heavy atom. The molecule has 34 heavy (non-hydrogen) atoms. The van der Waals surface area contributed by atoms with Gasteiger partial charge in [-0.25, -0.2) is 0 Å². The summed E-state index contributed by atoms with van der Waals surface area (Å²) in [4.78, 5) is 0. The molecule has 5 rings (SSSR count). The fraction of sp³-hybridized carbons (Fsp3) is 0.333. The molecule has 2 aliphatic heterocycles. The third-order valence-corrected chi connectivity index (χ3v) is 14.4. The molecule has 2 fully saturated rings. The van der Waals surface area contributed by atoms with E-state index in [1.54, 1.807) is 0 Å². The van der Waals surface area contributed by atoms with E-state index in [2.05, 4.69) is 103 Å². The number of hydrogen-bond donors (Lipinski definition) is 0. The van der Waals surface area contributed by atoms with E-state index in [0.717, 1.165) is 38.9 Å². The lowest BCUT2D eigenvalue weighted by Gasteiger charge is -2.56. The zero-order chi connectivity index (χ0) is 23.1. The molecule has 2 nitrogen and oxygen atoms in total. The second-order valence-electron chi connectivity index (χ2n) is 9.77. The van der Waals surface area contributed by atoms with Crippen molar-refractivity contribution in [2.75, 3.05) is 13.2 Å². The van der Waals surface area contributed by atoms with Crippen LogP contribution in [0.25, 0.3) is 6.08 Å². The Labute approximate surface area is 208 Å². The summed E-state index contributed by atoms with van der Waals surface area (Å²) in [6.45, 7) is 1.72. The summed E-state index contributed by atoms with van der Waals surface area (Å²) in [5, 5.41) is 2.59. The lowest BCUT2D eigenvalue weighted by molar-refractivity contribution is -0.161. The minimum absolute atomic E-state index is 0.153. The molecule has 176 valence electrons. The molecular formula is C30H36O2Si2. The first kappa shape index (κ1) is 23.5. The minimum Gasteiger partial charge on any atom is -0.376 e. The van der Waals surface area contributed by atoms with Gasteiger partial charge in [0.15, 0.2) is 0 Å². The first-order valence-corrected chi connectivity index (χ1v) is 16.2. The standard InChI is InChI=1S/C30H36O2Si2/c1-4-14-26(15-5-1)20-25-33-29(21-10-12-23-31-29)30(22-11-13-24-32-30)34(27-16-6-2-7-17-27)28-18-8-3-9-19-28/h1-9,14-20,25,34H,10-13,21-24,33H2. The fourth-order valence-electron chi connectivity index (χ4n) is 6.16. The smallest absolute Gasteiger partial charge is 0.141 e. The van der Waals surface area contributed by atoms with Crippen LogP contribution in [0.4, 0.5) is 0 Å². The molecule has 3 aromatic carbocycles. The molecular weight excluding hydrogens is 449 g/mol. The third-order valence-electron chi connectivity index (χ3n) is 7.72. The second kappa shape index (κ2) is 11.0. The number of rotatable bonds is 7. The maximum Gasteiger partial charge on any atom is 0.141 e. The van der Waals surface area contributed by atoms with E-state index in [1.165, 1.54) is 28.8 Å². The van der Waals surface area contributed by atoms with Crippen LogP contribution in [-0.4, -0.2) is 42.0 Å². The highest BCUT2D eigenvalue weighted by Crippen LogP contribution is 2.44. The normalized spacial score (nSPS) is 25.9. The van der Waals surface area contributed by atoms with Gasteiger partial charge >= 0.3 is 0 Å². The van der Waals surface area contributed by atoms with Crippen molar-refractivity contribution in [3.8, 4) is 0 Å². The largest absolute Gasteiger partial charge is 0.376 e. The number of ether oxygens (including phenoxy) is 2. The van der Waals surface area contributed by atoms with Crippen molar-refractivity contribution in [1.82, 2.24) is 0 Å². The molecule has 2 saturated heterocycles. The zero-order valence-electron chi connectivity index (χ0n) is 20.1. The van der Waals surface area contributed by atoms with Crippen LogP contribution in [0.1, 0.15) is 44.1 Å². The van der Waals surface area contributed by atoms with Gasteiger partial charge in [0.05, 0.1) is 20.0 Å². The summed E-state index contributed by atoms with van der Waals surface area (Å²) < 4.78 is 14.1. The van der Waals surface area contributed by atoms with Crippen molar-refractivity contribution in [1.29, 1.82) is 0 Å². The lowest BCUT2D eigenvalue weighted by Crippen LogP contribution is -2.75. The predicted octanol–water partition coefficient (Wildman–Crippen LogP) is 4.24. The van der Waals surface area contributed by atoms with E-state index in [4.69, 9.17) is 9.47 Å². The first-order chi connectivity index (χ1) is 16.8. The van der Waals surface area contributed by atoms with Crippen LogP contribution in [0.2, 0.25) is 0 Å². The SMILES string of the molecule is C(=Cc1ccccc1)[SiH2]C1(C2([SiH](c3ccccc3)c3ccccc3)CCCCO2)CCCCO1. The van der Waals surface area contributed by atoms with E-state index >= 15 is 0 Å². The highest BCUT2D eigenvalue weighted by molar-refractivity contribution is 6.88. The van der Waals surface area contributed by atoms with Gasteiger partial charge in [0.25, 0.3) is 0 Å². The second-order valence-corrected chi connectivity index (χ2v) is 14.9. The highest BCUT2D eigenvalue weighted by Gasteiger charge is 2.59. The molecule has 2 atom stereocenters. The Bertz CT molecular complexity index is 1000. The summed E-state index contributed by atoms with van der Waals surface area (Å²) in [5.41, 5.74) is 3.77. The van der Waals surface area contributed by atoms with Gasteiger partial charge < -0.3 is 9.47 Å². The van der Waals surface area contributed by atoms with Crippen molar-refractivity contribution in [3.63, 3.8) is 0 Å². The maximum absolute atomic E-state index is 7.12. The number of benzene rings is 3. The summed E-state index contributed by atoms with van der Waals surface area (Å²) in [7, 11) is -2.50. The van der Waals surface area contributed by atoms with Crippen molar-refractivity contribution in [2.24, 2.45) is 0 Å². The molecule has 2 heterocycles. The molecule has 0 saturated carbocycles. The van der Waals surface area contributed by atoms with E-state index in [-0.39, 0.29) is 10.4 Å². The average Bonchev–Trinajstić information content (AvgIpc) is 2.92. The van der Waals surface area contributed by atoms with Crippen molar-refractivity contribution in [3.05, 3.63) is 102 Å². The van der Waals surface area contributed by atoms with Crippen LogP contribution in [0.3, 0.4) is 0 Å². The topological polar surface area (TPSA) is 18.5 Å². The predicted molar refractivity (Wildman–Crippen MR) is 148 cm³/mol. The van der Waals surface area contributed by atoms with Gasteiger partial charge in [-0.3, -0.25) is 0 Å². The van der Waals surface area contributed by atoms with Crippen LogP contribution in [-0.2, 0) is 9.47 Å². The van der Waals surface area contributed by atoms with Crippen LogP contribution in [0, 0.1) is 0 Å². The Kier molecular flexibility index (Phi) is 7.60. The van der Waals surface area contributed by atoms with Crippen LogP contribution < -0.4 is 10.4 Å². The molecule has 2 unspecified atom stereocenters. The van der Waals surface area contributed by atoms with Gasteiger partial charge in [0, 0.05) is 13.2 Å². The Balaban J connectivity index is 1.62. The van der Waals surface area contributed by atoms with Crippen LogP contribution >= 0.6 is 0 Å². The average molecular weight is 485 g/mol. The minimum atomic E-state index is -1.77. The fourth-order valence-corrected chi connectivity index (χ4v) is 13.4. The van der Waals surface area contributed by atoms with Crippen molar-refractivity contribution < 1.29 is 9.47 Å². The summed E-state index contributed by atoms with van der Waals surface area (Å²) in [6.07, 6.45) is 9.35. The molecule has 0 aliphatic carbocycles. The van der Waals surface area contributed by atoms with Gasteiger partial charge in [-0.1, -0.05) is 113 Å². The quantitative estimate of drug-likeness (QED) is 0.467. The Hall–Kier alpha value is -2.25. The molecule has 0 aromatic heterocycles. The summed E-state index contributed by atoms with van der Waals surface area (Å²) >= 11 is 0. The van der Waals surface area contributed by atoms with E-state index in [0.29, 0.717) is 0 Å². The first-order valence-electron chi connectivity index (χ1n) is 12.9. The summed E-state index contributed by atoms with van der Waals surface area (Å²) in [5.74, 6) is 0. The van der Waals surface area contributed by atoms with Gasteiger partial charge in [-0.05, 0) is 44.1 Å². The van der Waals surface area contributed by atoms with Gasteiger partial charge in [-0.15, -0.1) is 0 Å². The zero-order valence-corrected chi connectivity index (χ0v) is 22.6. The molecule has 0 N–H and O–H groups in total. The van der Waals surface area contributed by atoms with E-state index < -0.39 is 18.3 Å². The van der Waals surface area contributed by atoms with Gasteiger partial charge in [-0.2, -0.15) is 0 Å². The maximum atomic E-state index is 7.12. The molecule has 2 aliphatic rings. The molecule has 3 aromatic rings. The molecule has 0 radical (unpaired) electrons. The van der Waals surface area contributed by atoms with Gasteiger partial charge in [0.1, 0.15) is 8.80 Å². The third kappa shape index (κ3) is 4.78. The molecule has 0 amide bonds. The van der Waals surface area contributed by atoms with Crippen LogP contribution in [0.15, 0.2) is 96.7 Å².